The van der Waals surface area contributed by atoms with Crippen molar-refractivity contribution in [1.82, 2.24) is 14.5 Å². The minimum Gasteiger partial charge on any atom is -0.311 e. The molecule has 0 radical (unpaired) electrons. The number of nitrogens with zero attached hydrogens (tertiary/aromatic N) is 2. The Morgan fingerprint density at radius 2 is 1.91 bits per heavy atom. The van der Waals surface area contributed by atoms with Crippen molar-refractivity contribution in [2.45, 2.75) is 24.7 Å². The van der Waals surface area contributed by atoms with E-state index < -0.39 is 10.0 Å². The maximum absolute atomic E-state index is 12.0. The number of benzene rings is 1. The lowest BCUT2D eigenvalue weighted by Gasteiger charge is -2.06. The molecule has 0 spiro atoms. The molecule has 0 saturated carbocycles. The van der Waals surface area contributed by atoms with E-state index in [1.54, 1.807) is 29.9 Å². The van der Waals surface area contributed by atoms with E-state index >= 15 is 0 Å². The van der Waals surface area contributed by atoms with Gasteiger partial charge in [-0.25, -0.2) is 13.1 Å². The average Bonchev–Trinajstić information content (AvgIpc) is 2.83. The Morgan fingerprint density at radius 3 is 2.43 bits per heavy atom. The number of hydrogen-bond donors (Lipinski definition) is 2. The molecular weight excluding hydrogens is 316 g/mol. The first-order chi connectivity index (χ1) is 10.8. The predicted molar refractivity (Wildman–Crippen MR) is 87.6 cm³/mol. The van der Waals surface area contributed by atoms with E-state index in [0.717, 1.165) is 11.3 Å². The molecule has 0 saturated heterocycles. The van der Waals surface area contributed by atoms with Crippen LogP contribution < -0.4 is 10.0 Å². The fourth-order valence-electron chi connectivity index (χ4n) is 2.14. The highest BCUT2D eigenvalue weighted by atomic mass is 32.2. The van der Waals surface area contributed by atoms with Crippen LogP contribution in [-0.2, 0) is 28.3 Å². The molecule has 2 aromatic rings. The third-order valence-corrected chi connectivity index (χ3v) is 4.84. The molecule has 7 nitrogen and oxygen atoms in total. The maximum Gasteiger partial charge on any atom is 0.240 e. The van der Waals surface area contributed by atoms with E-state index in [4.69, 9.17) is 0 Å². The van der Waals surface area contributed by atoms with Gasteiger partial charge in [-0.05, 0) is 38.1 Å². The van der Waals surface area contributed by atoms with E-state index in [1.165, 1.54) is 19.2 Å². The topological polar surface area (TPSA) is 93.1 Å². The molecule has 23 heavy (non-hydrogen) atoms. The number of carbonyl (C=O) groups excluding carboxylic acids is 1. The van der Waals surface area contributed by atoms with Crippen LogP contribution in [0.5, 0.6) is 0 Å². The number of carbonyl (C=O) groups is 1. The van der Waals surface area contributed by atoms with Crippen molar-refractivity contribution in [2.75, 3.05) is 12.4 Å². The minimum absolute atomic E-state index is 0.111. The normalized spacial score (nSPS) is 11.4. The van der Waals surface area contributed by atoms with Crippen molar-refractivity contribution >= 4 is 21.7 Å². The van der Waals surface area contributed by atoms with E-state index in [1.807, 2.05) is 6.92 Å². The zero-order chi connectivity index (χ0) is 17.0. The fourth-order valence-corrected chi connectivity index (χ4v) is 2.87. The lowest BCUT2D eigenvalue weighted by molar-refractivity contribution is -0.116. The molecule has 1 amide bonds. The van der Waals surface area contributed by atoms with Gasteiger partial charge in [0.2, 0.25) is 15.9 Å². The first-order valence-corrected chi connectivity index (χ1v) is 8.63. The van der Waals surface area contributed by atoms with Gasteiger partial charge in [0, 0.05) is 19.5 Å². The number of anilines is 1. The summed E-state index contributed by atoms with van der Waals surface area (Å²) >= 11 is 0. The van der Waals surface area contributed by atoms with Crippen LogP contribution in [0.2, 0.25) is 0 Å². The second-order valence-electron chi connectivity index (χ2n) is 5.19. The number of sulfonamides is 1. The van der Waals surface area contributed by atoms with Gasteiger partial charge in [-0.1, -0.05) is 12.1 Å². The maximum atomic E-state index is 12.0. The van der Waals surface area contributed by atoms with Gasteiger partial charge in [0.05, 0.1) is 10.6 Å². The van der Waals surface area contributed by atoms with Gasteiger partial charge in [0.15, 0.2) is 0 Å². The van der Waals surface area contributed by atoms with Gasteiger partial charge >= 0.3 is 0 Å². The summed E-state index contributed by atoms with van der Waals surface area (Å²) in [7, 11) is -0.292. The molecule has 0 aliphatic rings. The Kier molecular flexibility index (Phi) is 5.17. The Hall–Kier alpha value is -2.19. The molecule has 2 N–H and O–H groups in total. The first-order valence-electron chi connectivity index (χ1n) is 7.15. The van der Waals surface area contributed by atoms with Crippen molar-refractivity contribution in [1.29, 1.82) is 0 Å². The summed E-state index contributed by atoms with van der Waals surface area (Å²) in [6, 6.07) is 8.29. The van der Waals surface area contributed by atoms with Crippen molar-refractivity contribution < 1.29 is 13.2 Å². The fraction of sp³-hybridized carbons (Fsp3) is 0.333. The summed E-state index contributed by atoms with van der Waals surface area (Å²) in [4.78, 5) is 12.2. The zero-order valence-corrected chi connectivity index (χ0v) is 14.1. The highest BCUT2D eigenvalue weighted by molar-refractivity contribution is 7.89. The lowest BCUT2D eigenvalue weighted by atomic mass is 10.1. The van der Waals surface area contributed by atoms with Crippen LogP contribution in [0.3, 0.4) is 0 Å². The monoisotopic (exact) mass is 336 g/mol. The van der Waals surface area contributed by atoms with Crippen LogP contribution in [0.4, 0.5) is 5.82 Å². The van der Waals surface area contributed by atoms with Crippen molar-refractivity contribution in [2.24, 2.45) is 7.05 Å². The van der Waals surface area contributed by atoms with E-state index in [-0.39, 0.29) is 10.8 Å². The standard InChI is InChI=1S/C15H20N4O3S/c1-11-10-14(19(3)18-11)17-15(20)9-6-12-4-7-13(8-5-12)23(21,22)16-2/h4-5,7-8,10,16H,6,9H2,1-3H3,(H,17,20). The van der Waals surface area contributed by atoms with Crippen LogP contribution in [0, 0.1) is 6.92 Å². The molecule has 1 aromatic carbocycles. The highest BCUT2D eigenvalue weighted by Gasteiger charge is 2.11. The summed E-state index contributed by atoms with van der Waals surface area (Å²) in [5.74, 6) is 0.544. The van der Waals surface area contributed by atoms with Gasteiger partial charge in [-0.15, -0.1) is 0 Å². The quantitative estimate of drug-likeness (QED) is 0.829. The molecule has 0 bridgehead atoms. The molecule has 0 aliphatic heterocycles. The molecule has 8 heteroatoms. The Balaban J connectivity index is 1.93. The summed E-state index contributed by atoms with van der Waals surface area (Å²) in [5.41, 5.74) is 1.74. The smallest absolute Gasteiger partial charge is 0.240 e. The summed E-state index contributed by atoms with van der Waals surface area (Å²) < 4.78 is 27.1. The molecule has 0 unspecified atom stereocenters. The molecular formula is C15H20N4O3S. The second kappa shape index (κ2) is 6.93. The average molecular weight is 336 g/mol. The van der Waals surface area contributed by atoms with E-state index in [9.17, 15) is 13.2 Å². The van der Waals surface area contributed by atoms with Crippen LogP contribution >= 0.6 is 0 Å². The van der Waals surface area contributed by atoms with Gasteiger partial charge < -0.3 is 5.32 Å². The van der Waals surface area contributed by atoms with E-state index in [2.05, 4.69) is 15.1 Å². The van der Waals surface area contributed by atoms with Gasteiger partial charge in [0.1, 0.15) is 5.82 Å². The molecule has 124 valence electrons. The summed E-state index contributed by atoms with van der Waals surface area (Å²) in [6.45, 7) is 1.86. The van der Waals surface area contributed by atoms with Crippen LogP contribution in [0.15, 0.2) is 35.2 Å². The number of nitrogens with one attached hydrogen (secondary N) is 2. The number of amides is 1. The summed E-state index contributed by atoms with van der Waals surface area (Å²) in [5, 5.41) is 6.96. The molecule has 0 aliphatic carbocycles. The number of aromatic nitrogens is 2. The van der Waals surface area contributed by atoms with Gasteiger partial charge in [-0.2, -0.15) is 5.10 Å². The SMILES string of the molecule is CNS(=O)(=O)c1ccc(CCC(=O)Nc2cc(C)nn2C)cc1. The van der Waals surface area contributed by atoms with Crippen LogP contribution in [0.1, 0.15) is 17.7 Å². The third kappa shape index (κ3) is 4.40. The predicted octanol–water partition coefficient (Wildman–Crippen LogP) is 1.21. The molecule has 0 fully saturated rings. The lowest BCUT2D eigenvalue weighted by Crippen LogP contribution is -2.18. The number of aryl methyl sites for hydroxylation is 3. The Bertz CT molecular complexity index is 795. The number of hydrogen-bond acceptors (Lipinski definition) is 4. The largest absolute Gasteiger partial charge is 0.311 e. The number of rotatable bonds is 6. The highest BCUT2D eigenvalue weighted by Crippen LogP contribution is 2.13. The van der Waals surface area contributed by atoms with Crippen LogP contribution in [0.25, 0.3) is 0 Å². The molecule has 1 aromatic heterocycles. The zero-order valence-electron chi connectivity index (χ0n) is 13.3. The minimum atomic E-state index is -3.43. The van der Waals surface area contributed by atoms with Crippen LogP contribution in [-0.4, -0.2) is 31.2 Å². The van der Waals surface area contributed by atoms with E-state index in [0.29, 0.717) is 18.7 Å². The molecule has 2 rings (SSSR count). The Labute approximate surface area is 135 Å². The first kappa shape index (κ1) is 17.2. The molecule has 0 atom stereocenters. The van der Waals surface area contributed by atoms with Gasteiger partial charge in [-0.3, -0.25) is 9.48 Å². The van der Waals surface area contributed by atoms with Crippen molar-refractivity contribution in [3.63, 3.8) is 0 Å². The van der Waals surface area contributed by atoms with Gasteiger partial charge in [0.25, 0.3) is 0 Å². The second-order valence-corrected chi connectivity index (χ2v) is 7.08. The van der Waals surface area contributed by atoms with Crippen molar-refractivity contribution in [3.05, 3.63) is 41.6 Å². The Morgan fingerprint density at radius 1 is 1.26 bits per heavy atom. The third-order valence-electron chi connectivity index (χ3n) is 3.41. The van der Waals surface area contributed by atoms with Crippen molar-refractivity contribution in [3.8, 4) is 0 Å². The summed E-state index contributed by atoms with van der Waals surface area (Å²) in [6.07, 6.45) is 0.838. The molecule has 1 heterocycles.